The maximum Gasteiger partial charge on any atom is 0.408 e. The quantitative estimate of drug-likeness (QED) is 0.445. The van der Waals surface area contributed by atoms with Crippen molar-refractivity contribution >= 4 is 45.4 Å². The predicted molar refractivity (Wildman–Crippen MR) is 115 cm³/mol. The predicted octanol–water partition coefficient (Wildman–Crippen LogP) is 2.72. The number of nitrogens with one attached hydrogen (secondary N) is 1. The molecule has 1 aromatic heterocycles. The van der Waals surface area contributed by atoms with Crippen molar-refractivity contribution in [3.8, 4) is 0 Å². The molecule has 0 bridgehead atoms. The van der Waals surface area contributed by atoms with Crippen molar-refractivity contribution in [1.82, 2.24) is 10.3 Å². The Morgan fingerprint density at radius 1 is 1.03 bits per heavy atom. The molecule has 2 N–H and O–H groups in total. The molecule has 0 fully saturated rings. The van der Waals surface area contributed by atoms with Gasteiger partial charge in [-0.05, 0) is 17.2 Å². The number of hydrogen-bond acceptors (Lipinski definition) is 8. The molecule has 9 nitrogen and oxygen atoms in total. The SMILES string of the molecule is O=C(O)C[C@H](NC(=O)OCc1ccccc1)C(=O)COC(=O)Cc1cccc2scnc12. The van der Waals surface area contributed by atoms with Crippen molar-refractivity contribution in [2.45, 2.75) is 25.5 Å². The number of carbonyl (C=O) groups is 4. The molecule has 1 heterocycles. The Morgan fingerprint density at radius 2 is 1.81 bits per heavy atom. The summed E-state index contributed by atoms with van der Waals surface area (Å²) in [6.45, 7) is -0.722. The first-order chi connectivity index (χ1) is 15.4. The number of rotatable bonds is 10. The van der Waals surface area contributed by atoms with Gasteiger partial charge in [0.2, 0.25) is 0 Å². The second kappa shape index (κ2) is 11.0. The Kier molecular flexibility index (Phi) is 7.87. The maximum absolute atomic E-state index is 12.4. The molecule has 32 heavy (non-hydrogen) atoms. The number of aliphatic carboxylic acids is 1. The highest BCUT2D eigenvalue weighted by molar-refractivity contribution is 7.16. The lowest BCUT2D eigenvalue weighted by atomic mass is 10.1. The highest BCUT2D eigenvalue weighted by Crippen LogP contribution is 2.21. The monoisotopic (exact) mass is 456 g/mol. The van der Waals surface area contributed by atoms with Gasteiger partial charge in [0.25, 0.3) is 0 Å². The summed E-state index contributed by atoms with van der Waals surface area (Å²) in [5.74, 6) is -2.72. The molecule has 0 aliphatic rings. The Hall–Kier alpha value is -3.79. The molecule has 1 amide bonds. The topological polar surface area (TPSA) is 132 Å². The number of benzene rings is 2. The van der Waals surface area contributed by atoms with Gasteiger partial charge in [-0.25, -0.2) is 9.78 Å². The van der Waals surface area contributed by atoms with Crippen LogP contribution in [0.1, 0.15) is 17.5 Å². The van der Waals surface area contributed by atoms with E-state index in [2.05, 4.69) is 10.3 Å². The number of amides is 1. The smallest absolute Gasteiger partial charge is 0.408 e. The Bertz CT molecular complexity index is 1110. The third-order valence-electron chi connectivity index (χ3n) is 4.43. The summed E-state index contributed by atoms with van der Waals surface area (Å²) in [5, 5.41) is 11.3. The number of hydrogen-bond donors (Lipinski definition) is 2. The molecule has 3 aromatic rings. The van der Waals surface area contributed by atoms with E-state index in [-0.39, 0.29) is 13.0 Å². The molecule has 0 spiro atoms. The number of para-hydroxylation sites is 1. The van der Waals surface area contributed by atoms with Crippen LogP contribution in [0.4, 0.5) is 4.79 Å². The van der Waals surface area contributed by atoms with E-state index >= 15 is 0 Å². The van der Waals surface area contributed by atoms with Gasteiger partial charge in [-0.3, -0.25) is 14.4 Å². The van der Waals surface area contributed by atoms with Gasteiger partial charge >= 0.3 is 18.0 Å². The summed E-state index contributed by atoms with van der Waals surface area (Å²) in [6, 6.07) is 12.9. The van der Waals surface area contributed by atoms with E-state index in [0.29, 0.717) is 11.1 Å². The van der Waals surface area contributed by atoms with Crippen LogP contribution in [0.25, 0.3) is 10.2 Å². The summed E-state index contributed by atoms with van der Waals surface area (Å²) in [6.07, 6.45) is -1.71. The fourth-order valence-electron chi connectivity index (χ4n) is 2.87. The van der Waals surface area contributed by atoms with E-state index in [9.17, 15) is 19.2 Å². The lowest BCUT2D eigenvalue weighted by Gasteiger charge is -2.16. The van der Waals surface area contributed by atoms with E-state index < -0.39 is 42.9 Å². The molecule has 2 aromatic carbocycles. The molecule has 0 unspecified atom stereocenters. The number of aromatic nitrogens is 1. The average Bonchev–Trinajstić information content (AvgIpc) is 3.26. The van der Waals surface area contributed by atoms with Crippen LogP contribution in [-0.4, -0.2) is 46.6 Å². The zero-order valence-corrected chi connectivity index (χ0v) is 17.7. The third-order valence-corrected chi connectivity index (χ3v) is 5.22. The fraction of sp³-hybridized carbons (Fsp3) is 0.227. The summed E-state index contributed by atoms with van der Waals surface area (Å²) >= 11 is 1.44. The van der Waals surface area contributed by atoms with E-state index in [0.717, 1.165) is 10.3 Å². The van der Waals surface area contributed by atoms with Gasteiger partial charge in [-0.1, -0.05) is 42.5 Å². The van der Waals surface area contributed by atoms with Crippen LogP contribution in [0, 0.1) is 0 Å². The zero-order valence-electron chi connectivity index (χ0n) is 16.9. The number of ether oxygens (including phenoxy) is 2. The molecule has 0 radical (unpaired) electrons. The van der Waals surface area contributed by atoms with E-state index in [1.165, 1.54) is 11.3 Å². The first kappa shape index (κ1) is 22.9. The number of esters is 1. The number of ketones is 1. The fourth-order valence-corrected chi connectivity index (χ4v) is 3.60. The van der Waals surface area contributed by atoms with Gasteiger partial charge in [0.1, 0.15) is 12.6 Å². The normalized spacial score (nSPS) is 11.5. The molecular weight excluding hydrogens is 436 g/mol. The van der Waals surface area contributed by atoms with Crippen LogP contribution in [-0.2, 0) is 36.9 Å². The Balaban J connectivity index is 1.52. The van der Waals surface area contributed by atoms with Gasteiger partial charge in [0.05, 0.1) is 28.6 Å². The second-order valence-electron chi connectivity index (χ2n) is 6.78. The minimum absolute atomic E-state index is 0.0438. The molecule has 0 saturated heterocycles. The van der Waals surface area contributed by atoms with Crippen molar-refractivity contribution in [2.24, 2.45) is 0 Å². The van der Waals surface area contributed by atoms with Crippen LogP contribution in [0.15, 0.2) is 54.0 Å². The minimum Gasteiger partial charge on any atom is -0.481 e. The van der Waals surface area contributed by atoms with E-state index in [1.807, 2.05) is 12.1 Å². The molecule has 0 saturated carbocycles. The average molecular weight is 456 g/mol. The zero-order chi connectivity index (χ0) is 22.9. The van der Waals surface area contributed by atoms with Crippen LogP contribution >= 0.6 is 11.3 Å². The number of alkyl carbamates (subject to hydrolysis) is 1. The van der Waals surface area contributed by atoms with E-state index in [1.54, 1.807) is 41.9 Å². The first-order valence-electron chi connectivity index (χ1n) is 9.61. The number of nitrogens with zero attached hydrogens (tertiary/aromatic N) is 1. The minimum atomic E-state index is -1.40. The summed E-state index contributed by atoms with van der Waals surface area (Å²) in [5.41, 5.74) is 3.74. The number of fused-ring (bicyclic) bond motifs is 1. The Morgan fingerprint density at radius 3 is 2.56 bits per heavy atom. The molecule has 0 aliphatic heterocycles. The number of carboxylic acids is 1. The van der Waals surface area contributed by atoms with Crippen LogP contribution in [0.2, 0.25) is 0 Å². The number of carbonyl (C=O) groups excluding carboxylic acids is 3. The van der Waals surface area contributed by atoms with Crippen molar-refractivity contribution in [2.75, 3.05) is 6.61 Å². The highest BCUT2D eigenvalue weighted by atomic mass is 32.1. The van der Waals surface area contributed by atoms with Crippen LogP contribution in [0.3, 0.4) is 0 Å². The van der Waals surface area contributed by atoms with E-state index in [4.69, 9.17) is 14.6 Å². The van der Waals surface area contributed by atoms with Crippen molar-refractivity contribution in [3.63, 3.8) is 0 Å². The summed E-state index contributed by atoms with van der Waals surface area (Å²) < 4.78 is 11.0. The molecule has 0 aliphatic carbocycles. The third kappa shape index (κ3) is 6.61. The summed E-state index contributed by atoms with van der Waals surface area (Å²) in [4.78, 5) is 51.9. The molecule has 3 rings (SSSR count). The first-order valence-corrected chi connectivity index (χ1v) is 10.5. The maximum atomic E-state index is 12.4. The largest absolute Gasteiger partial charge is 0.481 e. The number of thiazole rings is 1. The summed E-state index contributed by atoms with van der Waals surface area (Å²) in [7, 11) is 0. The molecule has 1 atom stereocenters. The van der Waals surface area contributed by atoms with Gasteiger partial charge in [-0.15, -0.1) is 11.3 Å². The standard InChI is InChI=1S/C22H20N2O7S/c25-17(12-30-20(28)9-15-7-4-8-18-21(15)23-13-32-18)16(10-19(26)27)24-22(29)31-11-14-5-2-1-3-6-14/h1-8,13,16H,9-12H2,(H,24,29)(H,26,27)/t16-/m0/s1. The number of Topliss-reactive ketones (excluding diaryl/α,β-unsaturated/α-hetero) is 1. The molecule has 166 valence electrons. The Labute approximate surface area is 187 Å². The van der Waals surface area contributed by atoms with Crippen molar-refractivity contribution in [1.29, 1.82) is 0 Å². The van der Waals surface area contributed by atoms with Crippen molar-refractivity contribution < 1.29 is 33.8 Å². The second-order valence-corrected chi connectivity index (χ2v) is 7.66. The molecular formula is C22H20N2O7S. The van der Waals surface area contributed by atoms with Gasteiger partial charge in [0, 0.05) is 0 Å². The van der Waals surface area contributed by atoms with Gasteiger partial charge < -0.3 is 19.9 Å². The molecule has 10 heteroatoms. The van der Waals surface area contributed by atoms with Crippen LogP contribution in [0.5, 0.6) is 0 Å². The number of carboxylic acid groups (broad SMARTS) is 1. The van der Waals surface area contributed by atoms with Crippen LogP contribution < -0.4 is 5.32 Å². The van der Waals surface area contributed by atoms with Gasteiger partial charge in [-0.2, -0.15) is 0 Å². The lowest BCUT2D eigenvalue weighted by Crippen LogP contribution is -2.44. The highest BCUT2D eigenvalue weighted by Gasteiger charge is 2.25. The van der Waals surface area contributed by atoms with Crippen molar-refractivity contribution in [3.05, 3.63) is 65.2 Å². The van der Waals surface area contributed by atoms with Gasteiger partial charge in [0.15, 0.2) is 12.4 Å². The lowest BCUT2D eigenvalue weighted by molar-refractivity contribution is -0.148.